The Morgan fingerprint density at radius 3 is 2.25 bits per heavy atom. The van der Waals surface area contributed by atoms with E-state index in [-0.39, 0.29) is 41.2 Å². The molecule has 0 aliphatic heterocycles. The average molecular weight is 662 g/mol. The normalized spacial score (nSPS) is 14.4. The summed E-state index contributed by atoms with van der Waals surface area (Å²) in [7, 11) is -4.31. The quantitative estimate of drug-likeness (QED) is 0.178. The van der Waals surface area contributed by atoms with E-state index in [1.807, 2.05) is 0 Å². The van der Waals surface area contributed by atoms with E-state index in [1.165, 1.54) is 47.4 Å². The summed E-state index contributed by atoms with van der Waals surface area (Å²) in [5.41, 5.74) is 0.347. The highest BCUT2D eigenvalue weighted by molar-refractivity contribution is 7.92. The Morgan fingerprint density at radius 2 is 1.66 bits per heavy atom. The number of benzene rings is 3. The Balaban J connectivity index is 1.73. The lowest BCUT2D eigenvalue weighted by Gasteiger charge is -2.34. The molecule has 0 saturated heterocycles. The predicted octanol–water partition coefficient (Wildman–Crippen LogP) is 6.35. The molecule has 0 bridgehead atoms. The molecule has 0 spiro atoms. The topological polar surface area (TPSA) is 130 Å². The van der Waals surface area contributed by atoms with Crippen molar-refractivity contribution in [1.82, 2.24) is 10.2 Å². The van der Waals surface area contributed by atoms with Gasteiger partial charge in [-0.15, -0.1) is 0 Å². The zero-order chi connectivity index (χ0) is 31.9. The lowest BCUT2D eigenvalue weighted by atomic mass is 9.95. The van der Waals surface area contributed by atoms with Crippen molar-refractivity contribution in [2.45, 2.75) is 69.0 Å². The van der Waals surface area contributed by atoms with Crippen LogP contribution in [0.25, 0.3) is 0 Å². The first kappa shape index (κ1) is 33.2. The number of anilines is 1. The minimum Gasteiger partial charge on any atom is -0.352 e. The zero-order valence-corrected chi connectivity index (χ0v) is 26.5. The Bertz CT molecular complexity index is 1580. The second-order valence-corrected chi connectivity index (χ2v) is 13.3. The summed E-state index contributed by atoms with van der Waals surface area (Å²) in [6, 6.07) is 16.4. The lowest BCUT2D eigenvalue weighted by Crippen LogP contribution is -2.54. The van der Waals surface area contributed by atoms with Crippen LogP contribution >= 0.6 is 23.2 Å². The number of nitrogens with one attached hydrogen (secondary N) is 1. The van der Waals surface area contributed by atoms with Crippen molar-refractivity contribution in [2.24, 2.45) is 0 Å². The molecule has 4 rings (SSSR count). The van der Waals surface area contributed by atoms with Crippen LogP contribution in [0.3, 0.4) is 0 Å². The SMILES string of the molecule is CCC(C(=O)NC1CCCCC1)N(Cc1ccc(Cl)cc1Cl)C(=O)CN(c1ccc([N+](=O)[O-])cc1)S(=O)(=O)c1ccccc1. The van der Waals surface area contributed by atoms with Crippen LogP contribution in [0.4, 0.5) is 11.4 Å². The van der Waals surface area contributed by atoms with Crippen molar-refractivity contribution >= 4 is 56.4 Å². The Labute approximate surface area is 267 Å². The van der Waals surface area contributed by atoms with Crippen molar-refractivity contribution in [1.29, 1.82) is 0 Å². The molecular weight excluding hydrogens is 627 g/mol. The van der Waals surface area contributed by atoms with Gasteiger partial charge in [0.15, 0.2) is 0 Å². The largest absolute Gasteiger partial charge is 0.352 e. The van der Waals surface area contributed by atoms with Crippen LogP contribution in [-0.2, 0) is 26.2 Å². The maximum absolute atomic E-state index is 14.2. The fourth-order valence-electron chi connectivity index (χ4n) is 5.29. The molecule has 1 unspecified atom stereocenters. The van der Waals surface area contributed by atoms with Gasteiger partial charge in [0.1, 0.15) is 12.6 Å². The number of rotatable bonds is 12. The fraction of sp³-hybridized carbons (Fsp3) is 0.355. The number of carbonyl (C=O) groups excluding carboxylic acids is 2. The summed E-state index contributed by atoms with van der Waals surface area (Å²) in [6.45, 7) is 1.03. The molecule has 1 fully saturated rings. The molecule has 2 amide bonds. The number of sulfonamides is 1. The minimum atomic E-state index is -4.31. The first-order chi connectivity index (χ1) is 21.0. The van der Waals surface area contributed by atoms with Gasteiger partial charge < -0.3 is 10.2 Å². The number of nitro groups is 1. The van der Waals surface area contributed by atoms with Gasteiger partial charge in [-0.05, 0) is 61.2 Å². The van der Waals surface area contributed by atoms with E-state index in [4.69, 9.17) is 23.2 Å². The van der Waals surface area contributed by atoms with E-state index in [2.05, 4.69) is 5.32 Å². The fourth-order valence-corrected chi connectivity index (χ4v) is 7.19. The van der Waals surface area contributed by atoms with Crippen LogP contribution < -0.4 is 9.62 Å². The van der Waals surface area contributed by atoms with E-state index in [9.17, 15) is 28.1 Å². The smallest absolute Gasteiger partial charge is 0.269 e. The number of hydrogen-bond acceptors (Lipinski definition) is 6. The van der Waals surface area contributed by atoms with Crippen molar-refractivity contribution < 1.29 is 22.9 Å². The van der Waals surface area contributed by atoms with Crippen LogP contribution in [0.1, 0.15) is 51.0 Å². The molecule has 1 saturated carbocycles. The number of halogens is 2. The van der Waals surface area contributed by atoms with Gasteiger partial charge >= 0.3 is 0 Å². The van der Waals surface area contributed by atoms with Crippen LogP contribution in [0.5, 0.6) is 0 Å². The van der Waals surface area contributed by atoms with Gasteiger partial charge in [0, 0.05) is 34.8 Å². The third kappa shape index (κ3) is 8.08. The summed E-state index contributed by atoms with van der Waals surface area (Å²) in [6.07, 6.45) is 5.08. The summed E-state index contributed by atoms with van der Waals surface area (Å²) < 4.78 is 28.7. The van der Waals surface area contributed by atoms with E-state index in [1.54, 1.807) is 37.3 Å². The molecule has 0 radical (unpaired) electrons. The molecule has 44 heavy (non-hydrogen) atoms. The summed E-state index contributed by atoms with van der Waals surface area (Å²) in [5.74, 6) is -0.981. The van der Waals surface area contributed by atoms with Crippen molar-refractivity contribution in [2.75, 3.05) is 10.8 Å². The van der Waals surface area contributed by atoms with Crippen molar-refractivity contribution in [3.05, 3.63) is 98.5 Å². The third-order valence-corrected chi connectivity index (χ3v) is 10.0. The number of carbonyl (C=O) groups is 2. The number of hydrogen-bond donors (Lipinski definition) is 1. The predicted molar refractivity (Wildman–Crippen MR) is 170 cm³/mol. The monoisotopic (exact) mass is 660 g/mol. The van der Waals surface area contributed by atoms with E-state index in [0.29, 0.717) is 15.6 Å². The first-order valence-electron chi connectivity index (χ1n) is 14.4. The molecule has 3 aromatic rings. The summed E-state index contributed by atoms with van der Waals surface area (Å²) in [5, 5.41) is 15.0. The van der Waals surface area contributed by atoms with Gasteiger partial charge in [0.2, 0.25) is 11.8 Å². The van der Waals surface area contributed by atoms with E-state index >= 15 is 0 Å². The minimum absolute atomic E-state index is 0.00330. The van der Waals surface area contributed by atoms with Gasteiger partial charge in [-0.25, -0.2) is 8.42 Å². The number of nitro benzene ring substituents is 1. The number of amides is 2. The van der Waals surface area contributed by atoms with Crippen molar-refractivity contribution in [3.8, 4) is 0 Å². The van der Waals surface area contributed by atoms with E-state index < -0.39 is 33.4 Å². The van der Waals surface area contributed by atoms with Gasteiger partial charge in [-0.3, -0.25) is 24.0 Å². The lowest BCUT2D eigenvalue weighted by molar-refractivity contribution is -0.384. The summed E-state index contributed by atoms with van der Waals surface area (Å²) >= 11 is 12.6. The van der Waals surface area contributed by atoms with Crippen molar-refractivity contribution in [3.63, 3.8) is 0 Å². The number of nitrogens with zero attached hydrogens (tertiary/aromatic N) is 3. The maximum atomic E-state index is 14.2. The molecule has 13 heteroatoms. The van der Waals surface area contributed by atoms with Gasteiger partial charge in [-0.2, -0.15) is 0 Å². The second kappa shape index (κ2) is 14.9. The van der Waals surface area contributed by atoms with Gasteiger partial charge in [0.05, 0.1) is 15.5 Å². The maximum Gasteiger partial charge on any atom is 0.269 e. The van der Waals surface area contributed by atoms with Crippen LogP contribution in [-0.4, -0.2) is 48.7 Å². The average Bonchev–Trinajstić information content (AvgIpc) is 3.01. The molecule has 10 nitrogen and oxygen atoms in total. The Kier molecular flexibility index (Phi) is 11.2. The molecule has 234 valence electrons. The standard InChI is InChI=1S/C31H34Cl2N4O6S/c1-2-29(31(39)34-24-9-5-3-6-10-24)35(20-22-13-14-23(32)19-28(22)33)30(38)21-36(25-15-17-26(18-16-25)37(40)41)44(42,43)27-11-7-4-8-12-27/h4,7-8,11-19,24,29H,2-3,5-6,9-10,20-21H2,1H3,(H,34,39). The molecule has 0 aromatic heterocycles. The molecule has 1 aliphatic rings. The highest BCUT2D eigenvalue weighted by Crippen LogP contribution is 2.28. The second-order valence-electron chi connectivity index (χ2n) is 10.6. The Morgan fingerprint density at radius 1 is 1.00 bits per heavy atom. The Hall–Kier alpha value is -3.67. The zero-order valence-electron chi connectivity index (χ0n) is 24.2. The molecule has 1 atom stereocenters. The molecule has 1 N–H and O–H groups in total. The van der Waals surface area contributed by atoms with Crippen LogP contribution in [0.2, 0.25) is 10.0 Å². The molecular formula is C31H34Cl2N4O6S. The third-order valence-electron chi connectivity index (χ3n) is 7.65. The highest BCUT2D eigenvalue weighted by Gasteiger charge is 2.35. The van der Waals surface area contributed by atoms with E-state index in [0.717, 1.165) is 36.4 Å². The molecule has 1 aliphatic carbocycles. The van der Waals surface area contributed by atoms with Crippen LogP contribution in [0.15, 0.2) is 77.7 Å². The molecule has 0 heterocycles. The summed E-state index contributed by atoms with van der Waals surface area (Å²) in [4.78, 5) is 39.8. The van der Waals surface area contributed by atoms with Gasteiger partial charge in [0.25, 0.3) is 15.7 Å². The highest BCUT2D eigenvalue weighted by atomic mass is 35.5. The first-order valence-corrected chi connectivity index (χ1v) is 16.6. The van der Waals surface area contributed by atoms with Gasteiger partial charge in [-0.1, -0.05) is 73.7 Å². The number of non-ortho nitro benzene ring substituents is 1. The van der Waals surface area contributed by atoms with Crippen LogP contribution in [0, 0.1) is 10.1 Å². The molecule has 3 aromatic carbocycles.